The molecular weight excluding hydrogens is 216 g/mol. The van der Waals surface area contributed by atoms with Crippen LogP contribution in [0, 0.1) is 5.92 Å². The number of aliphatic hydroxyl groups excluding tert-OH is 1. The number of carbonyl (C=O) groups is 1. The molecule has 98 valence electrons. The molecule has 1 aliphatic heterocycles. The largest absolute Gasteiger partial charge is 0.393 e. The summed E-state index contributed by atoms with van der Waals surface area (Å²) in [5, 5.41) is 9.83. The molecule has 1 saturated heterocycles. The highest BCUT2D eigenvalue weighted by Gasteiger charge is 2.38. The van der Waals surface area contributed by atoms with E-state index in [2.05, 4.69) is 6.92 Å². The number of nitrogens with zero attached hydrogens (tertiary/aromatic N) is 2. The summed E-state index contributed by atoms with van der Waals surface area (Å²) in [4.78, 5) is 15.8. The first-order valence-electron chi connectivity index (χ1n) is 6.83. The molecule has 3 unspecified atom stereocenters. The lowest BCUT2D eigenvalue weighted by atomic mass is 9.79. The maximum atomic E-state index is 12.0. The van der Waals surface area contributed by atoms with Gasteiger partial charge in [-0.25, -0.2) is 4.79 Å². The number of hydrogen-bond donors (Lipinski definition) is 1. The molecule has 3 atom stereocenters. The highest BCUT2D eigenvalue weighted by molar-refractivity contribution is 5.76. The molecule has 0 aromatic heterocycles. The van der Waals surface area contributed by atoms with Crippen LogP contribution >= 0.6 is 0 Å². The SMILES string of the molecule is CCCC1CCC(O)CC1N1CCN(C)C1=O. The van der Waals surface area contributed by atoms with Crippen molar-refractivity contribution in [2.24, 2.45) is 5.92 Å². The lowest BCUT2D eigenvalue weighted by molar-refractivity contribution is 0.0450. The summed E-state index contributed by atoms with van der Waals surface area (Å²) in [7, 11) is 1.86. The summed E-state index contributed by atoms with van der Waals surface area (Å²) in [5.74, 6) is 0.582. The monoisotopic (exact) mass is 240 g/mol. The summed E-state index contributed by atoms with van der Waals surface area (Å²) < 4.78 is 0. The Bertz CT molecular complexity index is 283. The molecule has 4 heteroatoms. The van der Waals surface area contributed by atoms with Crippen LogP contribution in [0.2, 0.25) is 0 Å². The molecule has 1 heterocycles. The van der Waals surface area contributed by atoms with Crippen molar-refractivity contribution in [3.8, 4) is 0 Å². The molecule has 1 N–H and O–H groups in total. The van der Waals surface area contributed by atoms with Crippen molar-refractivity contribution >= 4 is 6.03 Å². The first kappa shape index (κ1) is 12.7. The van der Waals surface area contributed by atoms with Gasteiger partial charge in [0.25, 0.3) is 0 Å². The first-order valence-corrected chi connectivity index (χ1v) is 6.83. The molecule has 0 spiro atoms. The van der Waals surface area contributed by atoms with Crippen LogP contribution in [-0.2, 0) is 0 Å². The summed E-state index contributed by atoms with van der Waals surface area (Å²) in [6, 6.07) is 0.404. The minimum atomic E-state index is -0.216. The zero-order valence-electron chi connectivity index (χ0n) is 10.9. The van der Waals surface area contributed by atoms with Gasteiger partial charge in [0.15, 0.2) is 0 Å². The van der Waals surface area contributed by atoms with Gasteiger partial charge in [0.2, 0.25) is 0 Å². The fraction of sp³-hybridized carbons (Fsp3) is 0.923. The van der Waals surface area contributed by atoms with Crippen LogP contribution in [0.3, 0.4) is 0 Å². The lowest BCUT2D eigenvalue weighted by Crippen LogP contribution is -2.47. The summed E-state index contributed by atoms with van der Waals surface area (Å²) >= 11 is 0. The molecule has 0 bridgehead atoms. The van der Waals surface area contributed by atoms with Crippen LogP contribution in [0.4, 0.5) is 4.79 Å². The average molecular weight is 240 g/mol. The van der Waals surface area contributed by atoms with Crippen molar-refractivity contribution in [2.75, 3.05) is 20.1 Å². The van der Waals surface area contributed by atoms with Crippen molar-refractivity contribution in [1.29, 1.82) is 0 Å². The Morgan fingerprint density at radius 1 is 1.35 bits per heavy atom. The molecule has 1 saturated carbocycles. The van der Waals surface area contributed by atoms with Gasteiger partial charge in [0.05, 0.1) is 6.10 Å². The van der Waals surface area contributed by atoms with Crippen molar-refractivity contribution in [3.63, 3.8) is 0 Å². The molecular formula is C13H24N2O2. The van der Waals surface area contributed by atoms with Crippen molar-refractivity contribution in [2.45, 2.75) is 51.2 Å². The highest BCUT2D eigenvalue weighted by atomic mass is 16.3. The van der Waals surface area contributed by atoms with Gasteiger partial charge in [-0.3, -0.25) is 0 Å². The fourth-order valence-electron chi connectivity index (χ4n) is 3.25. The smallest absolute Gasteiger partial charge is 0.320 e. The highest BCUT2D eigenvalue weighted by Crippen LogP contribution is 2.33. The zero-order chi connectivity index (χ0) is 12.4. The second-order valence-corrected chi connectivity index (χ2v) is 5.48. The molecule has 2 rings (SSSR count). The Morgan fingerprint density at radius 2 is 2.12 bits per heavy atom. The third-order valence-electron chi connectivity index (χ3n) is 4.24. The number of hydrogen-bond acceptors (Lipinski definition) is 2. The average Bonchev–Trinajstić information content (AvgIpc) is 2.63. The van der Waals surface area contributed by atoms with Gasteiger partial charge in [0.1, 0.15) is 0 Å². The van der Waals surface area contributed by atoms with E-state index in [1.54, 1.807) is 4.90 Å². The van der Waals surface area contributed by atoms with E-state index < -0.39 is 0 Å². The maximum absolute atomic E-state index is 12.0. The third-order valence-corrected chi connectivity index (χ3v) is 4.24. The molecule has 4 nitrogen and oxygen atoms in total. The number of carbonyl (C=O) groups excluding carboxylic acids is 1. The molecule has 17 heavy (non-hydrogen) atoms. The Hall–Kier alpha value is -0.770. The normalized spacial score (nSPS) is 34.5. The van der Waals surface area contributed by atoms with Crippen molar-refractivity contribution in [3.05, 3.63) is 0 Å². The van der Waals surface area contributed by atoms with Crippen LogP contribution in [0.1, 0.15) is 39.0 Å². The van der Waals surface area contributed by atoms with Gasteiger partial charge in [0, 0.05) is 26.2 Å². The molecule has 2 aliphatic rings. The standard InChI is InChI=1S/C13H24N2O2/c1-3-4-10-5-6-11(16)9-12(10)15-8-7-14(2)13(15)17/h10-12,16H,3-9H2,1-2H3. The van der Waals surface area contributed by atoms with E-state index in [0.717, 1.165) is 38.8 Å². The van der Waals surface area contributed by atoms with Gasteiger partial charge in [-0.1, -0.05) is 13.3 Å². The maximum Gasteiger partial charge on any atom is 0.320 e. The molecule has 0 aromatic carbocycles. The van der Waals surface area contributed by atoms with Crippen LogP contribution < -0.4 is 0 Å². The predicted molar refractivity (Wildman–Crippen MR) is 66.8 cm³/mol. The molecule has 0 radical (unpaired) electrons. The quantitative estimate of drug-likeness (QED) is 0.815. The molecule has 1 aliphatic carbocycles. The van der Waals surface area contributed by atoms with Crippen LogP contribution in [0.15, 0.2) is 0 Å². The van der Waals surface area contributed by atoms with Crippen LogP contribution in [0.25, 0.3) is 0 Å². The fourth-order valence-corrected chi connectivity index (χ4v) is 3.25. The van der Waals surface area contributed by atoms with Gasteiger partial charge >= 0.3 is 6.03 Å². The van der Waals surface area contributed by atoms with E-state index in [0.29, 0.717) is 5.92 Å². The van der Waals surface area contributed by atoms with Gasteiger partial charge in [-0.2, -0.15) is 0 Å². The zero-order valence-corrected chi connectivity index (χ0v) is 10.9. The van der Waals surface area contributed by atoms with Crippen molar-refractivity contribution < 1.29 is 9.90 Å². The molecule has 0 aromatic rings. The lowest BCUT2D eigenvalue weighted by Gasteiger charge is -2.39. The third kappa shape index (κ3) is 2.57. The number of aliphatic hydroxyl groups is 1. The van der Waals surface area contributed by atoms with E-state index in [-0.39, 0.29) is 18.2 Å². The Balaban J connectivity index is 2.06. The number of urea groups is 1. The minimum absolute atomic E-state index is 0.144. The van der Waals surface area contributed by atoms with Gasteiger partial charge in [-0.15, -0.1) is 0 Å². The van der Waals surface area contributed by atoms with Gasteiger partial charge in [-0.05, 0) is 31.6 Å². The molecule has 2 amide bonds. The Kier molecular flexibility index (Phi) is 3.92. The van der Waals surface area contributed by atoms with E-state index in [9.17, 15) is 9.90 Å². The van der Waals surface area contributed by atoms with Crippen molar-refractivity contribution in [1.82, 2.24) is 9.80 Å². The van der Waals surface area contributed by atoms with Crippen LogP contribution in [0.5, 0.6) is 0 Å². The Labute approximate surface area is 104 Å². The summed E-state index contributed by atoms with van der Waals surface area (Å²) in [5.41, 5.74) is 0. The second kappa shape index (κ2) is 5.25. The van der Waals surface area contributed by atoms with Crippen LogP contribution in [-0.4, -0.2) is 53.2 Å². The minimum Gasteiger partial charge on any atom is -0.393 e. The molecule has 2 fully saturated rings. The Morgan fingerprint density at radius 3 is 2.71 bits per heavy atom. The second-order valence-electron chi connectivity index (χ2n) is 5.48. The summed E-state index contributed by atoms with van der Waals surface area (Å²) in [6.07, 6.45) is 4.85. The van der Waals surface area contributed by atoms with E-state index >= 15 is 0 Å². The number of rotatable bonds is 3. The first-order chi connectivity index (χ1) is 8.13. The van der Waals surface area contributed by atoms with E-state index in [4.69, 9.17) is 0 Å². The number of likely N-dealkylation sites (N-methyl/N-ethyl adjacent to an activating group) is 1. The topological polar surface area (TPSA) is 43.8 Å². The predicted octanol–water partition coefficient (Wildman–Crippen LogP) is 1.68. The number of amides is 2. The summed E-state index contributed by atoms with van der Waals surface area (Å²) in [6.45, 7) is 3.84. The van der Waals surface area contributed by atoms with E-state index in [1.165, 1.54) is 6.42 Å². The van der Waals surface area contributed by atoms with E-state index in [1.807, 2.05) is 11.9 Å². The van der Waals surface area contributed by atoms with Gasteiger partial charge < -0.3 is 14.9 Å².